The number of thioether (sulfide) groups is 1. The van der Waals surface area contributed by atoms with Crippen molar-refractivity contribution in [3.05, 3.63) is 64.3 Å². The van der Waals surface area contributed by atoms with Gasteiger partial charge in [0.25, 0.3) is 5.91 Å². The Morgan fingerprint density at radius 2 is 2.21 bits per heavy atom. The summed E-state index contributed by atoms with van der Waals surface area (Å²) in [4.78, 5) is 32.1. The van der Waals surface area contributed by atoms with E-state index in [0.29, 0.717) is 15.8 Å². The number of carbonyl (C=O) groups excluding carboxylic acids is 1. The number of aromatic nitrogens is 1. The van der Waals surface area contributed by atoms with Crippen molar-refractivity contribution < 1.29 is 14.7 Å². The van der Waals surface area contributed by atoms with Gasteiger partial charge in [-0.1, -0.05) is 12.1 Å². The van der Waals surface area contributed by atoms with Crippen LogP contribution in [-0.2, 0) is 4.79 Å². The van der Waals surface area contributed by atoms with Gasteiger partial charge in [0.05, 0.1) is 16.2 Å². The average Bonchev–Trinajstić information content (AvgIpc) is 2.87. The standard InChI is InChI=1S/C17H13N3O3S/c1-10-4-5-12(16(22)23)13(7-10)19-17-20-15(21)14(24-17)8-11-3-2-6-18-9-11/h2-9H,1H3,(H,22,23)(H,19,20,21)/b14-8-. The van der Waals surface area contributed by atoms with Crippen LogP contribution in [0.15, 0.2) is 52.6 Å². The molecule has 0 spiro atoms. The minimum Gasteiger partial charge on any atom is -0.478 e. The highest BCUT2D eigenvalue weighted by Crippen LogP contribution is 2.29. The number of amides is 1. The largest absolute Gasteiger partial charge is 0.478 e. The van der Waals surface area contributed by atoms with Gasteiger partial charge < -0.3 is 10.4 Å². The number of benzene rings is 1. The molecule has 0 atom stereocenters. The van der Waals surface area contributed by atoms with E-state index in [1.807, 2.05) is 13.0 Å². The maximum atomic E-state index is 12.0. The van der Waals surface area contributed by atoms with E-state index in [1.165, 1.54) is 6.07 Å². The third-order valence-electron chi connectivity index (χ3n) is 3.24. The molecule has 0 bridgehead atoms. The van der Waals surface area contributed by atoms with Gasteiger partial charge in [0.1, 0.15) is 0 Å². The fraction of sp³-hybridized carbons (Fsp3) is 0.0588. The lowest BCUT2D eigenvalue weighted by molar-refractivity contribution is -0.115. The molecule has 120 valence electrons. The van der Waals surface area contributed by atoms with Crippen molar-refractivity contribution in [2.45, 2.75) is 6.92 Å². The predicted octanol–water partition coefficient (Wildman–Crippen LogP) is 2.98. The van der Waals surface area contributed by atoms with Gasteiger partial charge in [-0.3, -0.25) is 9.78 Å². The highest BCUT2D eigenvalue weighted by atomic mass is 32.2. The number of nitrogens with one attached hydrogen (secondary N) is 1. The third-order valence-corrected chi connectivity index (χ3v) is 4.15. The van der Waals surface area contributed by atoms with Crippen LogP contribution in [0.3, 0.4) is 0 Å². The zero-order chi connectivity index (χ0) is 17.1. The van der Waals surface area contributed by atoms with Gasteiger partial charge in [0, 0.05) is 12.4 Å². The number of carboxylic acids is 1. The van der Waals surface area contributed by atoms with Gasteiger partial charge in [0.15, 0.2) is 5.17 Å². The summed E-state index contributed by atoms with van der Waals surface area (Å²) >= 11 is 1.16. The third kappa shape index (κ3) is 3.52. The predicted molar refractivity (Wildman–Crippen MR) is 93.2 cm³/mol. The number of aromatic carboxylic acids is 1. The summed E-state index contributed by atoms with van der Waals surface area (Å²) in [6, 6.07) is 8.51. The van der Waals surface area contributed by atoms with Crippen LogP contribution in [-0.4, -0.2) is 27.1 Å². The zero-order valence-corrected chi connectivity index (χ0v) is 13.5. The molecule has 2 heterocycles. The van der Waals surface area contributed by atoms with Gasteiger partial charge in [-0.15, -0.1) is 0 Å². The van der Waals surface area contributed by atoms with Crippen LogP contribution >= 0.6 is 11.8 Å². The van der Waals surface area contributed by atoms with Crippen molar-refractivity contribution in [1.29, 1.82) is 0 Å². The van der Waals surface area contributed by atoms with Gasteiger partial charge in [0.2, 0.25) is 0 Å². The number of rotatable bonds is 3. The zero-order valence-electron chi connectivity index (χ0n) is 12.7. The highest BCUT2D eigenvalue weighted by molar-refractivity contribution is 8.18. The van der Waals surface area contributed by atoms with Gasteiger partial charge in [-0.05, 0) is 54.1 Å². The van der Waals surface area contributed by atoms with E-state index in [4.69, 9.17) is 0 Å². The van der Waals surface area contributed by atoms with E-state index >= 15 is 0 Å². The molecule has 1 aromatic heterocycles. The first-order valence-electron chi connectivity index (χ1n) is 7.06. The number of nitrogens with zero attached hydrogens (tertiary/aromatic N) is 2. The Bertz CT molecular complexity index is 876. The van der Waals surface area contributed by atoms with E-state index in [1.54, 1.807) is 36.7 Å². The van der Waals surface area contributed by atoms with Crippen LogP contribution in [0.2, 0.25) is 0 Å². The summed E-state index contributed by atoms with van der Waals surface area (Å²) in [5, 5.41) is 12.2. The second-order valence-electron chi connectivity index (χ2n) is 5.09. The molecular formula is C17H13N3O3S. The minimum atomic E-state index is -1.06. The lowest BCUT2D eigenvalue weighted by Crippen LogP contribution is -2.19. The van der Waals surface area contributed by atoms with Crippen molar-refractivity contribution in [1.82, 2.24) is 10.3 Å². The normalized spacial score (nSPS) is 17.3. The molecule has 1 saturated heterocycles. The topological polar surface area (TPSA) is 91.6 Å². The number of pyridine rings is 1. The molecule has 0 unspecified atom stereocenters. The van der Waals surface area contributed by atoms with E-state index in [0.717, 1.165) is 22.9 Å². The molecule has 0 radical (unpaired) electrons. The number of hydrogen-bond donors (Lipinski definition) is 2. The fourth-order valence-electron chi connectivity index (χ4n) is 2.12. The fourth-order valence-corrected chi connectivity index (χ4v) is 2.95. The molecule has 7 heteroatoms. The lowest BCUT2D eigenvalue weighted by Gasteiger charge is -2.03. The number of carbonyl (C=O) groups is 2. The van der Waals surface area contributed by atoms with Gasteiger partial charge in [-0.2, -0.15) is 0 Å². The number of amidine groups is 1. The molecule has 24 heavy (non-hydrogen) atoms. The van der Waals surface area contributed by atoms with Crippen molar-refractivity contribution in [2.75, 3.05) is 0 Å². The number of carboxylic acid groups (broad SMARTS) is 1. The Balaban J connectivity index is 1.91. The summed E-state index contributed by atoms with van der Waals surface area (Å²) < 4.78 is 0. The molecule has 0 saturated carbocycles. The molecule has 1 aliphatic heterocycles. The second kappa shape index (κ2) is 6.67. The van der Waals surface area contributed by atoms with Crippen LogP contribution < -0.4 is 5.32 Å². The Morgan fingerprint density at radius 3 is 2.92 bits per heavy atom. The SMILES string of the molecule is Cc1ccc(C(=O)O)c(N=C2NC(=O)/C(=C/c3cccnc3)S2)c1. The molecule has 1 amide bonds. The Morgan fingerprint density at radius 1 is 1.38 bits per heavy atom. The van der Waals surface area contributed by atoms with Gasteiger partial charge in [-0.25, -0.2) is 9.79 Å². The molecular weight excluding hydrogens is 326 g/mol. The lowest BCUT2D eigenvalue weighted by atomic mass is 10.1. The van der Waals surface area contributed by atoms with Crippen LogP contribution in [0.1, 0.15) is 21.5 Å². The molecule has 1 fully saturated rings. The van der Waals surface area contributed by atoms with Gasteiger partial charge >= 0.3 is 5.97 Å². The molecule has 1 aliphatic rings. The Hall–Kier alpha value is -2.93. The number of aliphatic imine (C=N–C) groups is 1. The van der Waals surface area contributed by atoms with Crippen molar-refractivity contribution in [2.24, 2.45) is 4.99 Å². The number of hydrogen-bond acceptors (Lipinski definition) is 5. The maximum absolute atomic E-state index is 12.0. The highest BCUT2D eigenvalue weighted by Gasteiger charge is 2.24. The molecule has 1 aromatic carbocycles. The molecule has 6 nitrogen and oxygen atoms in total. The van der Waals surface area contributed by atoms with Crippen molar-refractivity contribution in [3.8, 4) is 0 Å². The minimum absolute atomic E-state index is 0.0904. The van der Waals surface area contributed by atoms with Crippen LogP contribution in [0, 0.1) is 6.92 Å². The van der Waals surface area contributed by atoms with E-state index < -0.39 is 5.97 Å². The first-order chi connectivity index (χ1) is 11.5. The Kier molecular flexibility index (Phi) is 4.43. The van der Waals surface area contributed by atoms with Crippen molar-refractivity contribution >= 4 is 40.6 Å². The maximum Gasteiger partial charge on any atom is 0.337 e. The summed E-state index contributed by atoms with van der Waals surface area (Å²) in [6.07, 6.45) is 5.02. The molecule has 2 aromatic rings. The quantitative estimate of drug-likeness (QED) is 0.839. The average molecular weight is 339 g/mol. The van der Waals surface area contributed by atoms with E-state index in [9.17, 15) is 14.7 Å². The Labute approximate surface area is 142 Å². The summed E-state index contributed by atoms with van der Waals surface area (Å²) in [5.41, 5.74) is 2.10. The van der Waals surface area contributed by atoms with E-state index in [-0.39, 0.29) is 11.5 Å². The van der Waals surface area contributed by atoms with E-state index in [2.05, 4.69) is 15.3 Å². The number of aryl methyl sites for hydroxylation is 1. The monoisotopic (exact) mass is 339 g/mol. The first kappa shape index (κ1) is 15.9. The van der Waals surface area contributed by atoms with Crippen LogP contribution in [0.25, 0.3) is 6.08 Å². The summed E-state index contributed by atoms with van der Waals surface area (Å²) in [6.45, 7) is 1.85. The summed E-state index contributed by atoms with van der Waals surface area (Å²) in [7, 11) is 0. The molecule has 2 N–H and O–H groups in total. The first-order valence-corrected chi connectivity index (χ1v) is 7.88. The molecule has 3 rings (SSSR count). The summed E-state index contributed by atoms with van der Waals surface area (Å²) in [5.74, 6) is -1.33. The smallest absolute Gasteiger partial charge is 0.337 e. The second-order valence-corrected chi connectivity index (χ2v) is 6.12. The van der Waals surface area contributed by atoms with Crippen LogP contribution in [0.5, 0.6) is 0 Å². The van der Waals surface area contributed by atoms with Crippen LogP contribution in [0.4, 0.5) is 5.69 Å². The molecule has 0 aliphatic carbocycles. The van der Waals surface area contributed by atoms with Crippen molar-refractivity contribution in [3.63, 3.8) is 0 Å².